The lowest BCUT2D eigenvalue weighted by atomic mass is 10.1. The van der Waals surface area contributed by atoms with E-state index in [-0.39, 0.29) is 24.9 Å². The average Bonchev–Trinajstić information content (AvgIpc) is 3.69. The van der Waals surface area contributed by atoms with E-state index in [1.807, 2.05) is 49.4 Å². The third-order valence-corrected chi connectivity index (χ3v) is 6.79. The number of anilines is 1. The van der Waals surface area contributed by atoms with Gasteiger partial charge in [0, 0.05) is 24.0 Å². The van der Waals surface area contributed by atoms with Crippen molar-refractivity contribution >= 4 is 41.2 Å². The molecule has 1 N–H and O–H groups in total. The maximum Gasteiger partial charge on any atom is 0.196 e. The molecular formula is C28H28ClN5O3. The Balaban J connectivity index is 1.71. The number of imidazole rings is 1. The Hall–Kier alpha value is -3.78. The van der Waals surface area contributed by atoms with E-state index in [1.54, 1.807) is 0 Å². The topological polar surface area (TPSA) is 99.0 Å². The Kier molecular flexibility index (Phi) is 7.19. The summed E-state index contributed by atoms with van der Waals surface area (Å²) in [5, 5.41) is 4.18. The largest absolute Gasteiger partial charge is 0.492 e. The number of aldehydes is 2. The fraction of sp³-hybridized carbons (Fsp3) is 0.321. The number of benzene rings is 2. The number of hydrogen-bond donors (Lipinski definition) is 1. The van der Waals surface area contributed by atoms with Gasteiger partial charge in [-0.2, -0.15) is 0 Å². The second kappa shape index (κ2) is 10.7. The van der Waals surface area contributed by atoms with Crippen molar-refractivity contribution in [3.05, 3.63) is 64.4 Å². The van der Waals surface area contributed by atoms with E-state index in [0.29, 0.717) is 52.3 Å². The summed E-state index contributed by atoms with van der Waals surface area (Å²) in [7, 11) is 0. The molecule has 0 radical (unpaired) electrons. The SMILES string of the molecule is Cc1ccc(OCCC=O)c(-c2nc3nc(C=O)nc(N[C@H](C)C4CC4)c3n2Cc2ccc(Cl)cc2)c1. The molecule has 9 heteroatoms. The van der Waals surface area contributed by atoms with Crippen LogP contribution in [0.15, 0.2) is 42.5 Å². The number of ether oxygens (including phenoxy) is 1. The van der Waals surface area contributed by atoms with Gasteiger partial charge >= 0.3 is 0 Å². The fourth-order valence-electron chi connectivity index (χ4n) is 4.43. The number of fused-ring (bicyclic) bond motifs is 1. The molecular weight excluding hydrogens is 490 g/mol. The number of nitrogens with one attached hydrogen (secondary N) is 1. The van der Waals surface area contributed by atoms with Gasteiger partial charge in [0.2, 0.25) is 0 Å². The predicted octanol–water partition coefficient (Wildman–Crippen LogP) is 5.49. The summed E-state index contributed by atoms with van der Waals surface area (Å²) in [6, 6.07) is 13.7. The first-order valence-corrected chi connectivity index (χ1v) is 12.8. The first-order valence-electron chi connectivity index (χ1n) is 12.4. The third-order valence-electron chi connectivity index (χ3n) is 6.54. The molecule has 0 spiro atoms. The van der Waals surface area contributed by atoms with Gasteiger partial charge in [0.05, 0.1) is 12.2 Å². The van der Waals surface area contributed by atoms with Crippen LogP contribution in [-0.2, 0) is 11.3 Å². The van der Waals surface area contributed by atoms with E-state index in [2.05, 4.69) is 26.8 Å². The van der Waals surface area contributed by atoms with E-state index in [9.17, 15) is 9.59 Å². The van der Waals surface area contributed by atoms with E-state index >= 15 is 0 Å². The summed E-state index contributed by atoms with van der Waals surface area (Å²) in [5.41, 5.74) is 3.95. The zero-order valence-corrected chi connectivity index (χ0v) is 21.5. The molecule has 2 heterocycles. The molecule has 1 aliphatic carbocycles. The molecule has 0 unspecified atom stereocenters. The van der Waals surface area contributed by atoms with Crippen LogP contribution in [0.1, 0.15) is 47.9 Å². The molecule has 0 bridgehead atoms. The normalized spacial score (nSPS) is 13.9. The van der Waals surface area contributed by atoms with E-state index < -0.39 is 0 Å². The summed E-state index contributed by atoms with van der Waals surface area (Å²) >= 11 is 6.14. The summed E-state index contributed by atoms with van der Waals surface area (Å²) < 4.78 is 8.03. The predicted molar refractivity (Wildman–Crippen MR) is 143 cm³/mol. The van der Waals surface area contributed by atoms with Crippen LogP contribution in [0.4, 0.5) is 5.82 Å². The highest BCUT2D eigenvalue weighted by atomic mass is 35.5. The zero-order chi connectivity index (χ0) is 25.9. The number of halogens is 1. The maximum absolute atomic E-state index is 11.7. The van der Waals surface area contributed by atoms with Crippen molar-refractivity contribution in [3.63, 3.8) is 0 Å². The van der Waals surface area contributed by atoms with E-state index in [4.69, 9.17) is 21.3 Å². The Morgan fingerprint density at radius 1 is 1.14 bits per heavy atom. The van der Waals surface area contributed by atoms with Gasteiger partial charge < -0.3 is 19.4 Å². The Labute approximate surface area is 220 Å². The quantitative estimate of drug-likeness (QED) is 0.207. The third kappa shape index (κ3) is 5.49. The highest BCUT2D eigenvalue weighted by Gasteiger charge is 2.30. The standard InChI is InChI=1S/C28H28ClN5O3/c1-17-4-11-23(37-13-3-12-35)22(14-17)28-33-27-25(34(28)15-19-5-9-21(29)10-6-19)26(31-24(16-36)32-27)30-18(2)20-7-8-20/h4-6,9-12,14,16,18,20H,3,7-8,13,15H2,1-2H3,(H,30,31,32)/t18-/m1/s1. The summed E-state index contributed by atoms with van der Waals surface area (Å²) in [6.45, 7) is 4.87. The molecule has 37 heavy (non-hydrogen) atoms. The van der Waals surface area contributed by atoms with Crippen molar-refractivity contribution in [3.8, 4) is 17.1 Å². The van der Waals surface area contributed by atoms with Crippen molar-refractivity contribution in [2.24, 2.45) is 5.92 Å². The van der Waals surface area contributed by atoms with Crippen LogP contribution in [0.25, 0.3) is 22.6 Å². The number of nitrogens with zero attached hydrogens (tertiary/aromatic N) is 4. The molecule has 0 aliphatic heterocycles. The monoisotopic (exact) mass is 517 g/mol. The van der Waals surface area contributed by atoms with Crippen LogP contribution < -0.4 is 10.1 Å². The zero-order valence-electron chi connectivity index (χ0n) is 20.8. The number of carbonyl (C=O) groups excluding carboxylic acids is 2. The molecule has 2 aromatic heterocycles. The second-order valence-electron chi connectivity index (χ2n) is 9.44. The lowest BCUT2D eigenvalue weighted by Crippen LogP contribution is -2.20. The van der Waals surface area contributed by atoms with Gasteiger partial charge in [0.1, 0.15) is 23.4 Å². The van der Waals surface area contributed by atoms with Crippen LogP contribution in [0.5, 0.6) is 5.75 Å². The molecule has 8 nitrogen and oxygen atoms in total. The molecule has 190 valence electrons. The minimum Gasteiger partial charge on any atom is -0.492 e. The molecule has 1 aliphatic rings. The molecule has 5 rings (SSSR count). The van der Waals surface area contributed by atoms with Crippen LogP contribution in [0.2, 0.25) is 5.02 Å². The Morgan fingerprint density at radius 2 is 1.92 bits per heavy atom. The number of aryl methyl sites for hydroxylation is 1. The number of rotatable bonds is 11. The fourth-order valence-corrected chi connectivity index (χ4v) is 4.56. The average molecular weight is 518 g/mol. The van der Waals surface area contributed by atoms with Crippen LogP contribution >= 0.6 is 11.6 Å². The highest BCUT2D eigenvalue weighted by Crippen LogP contribution is 2.37. The van der Waals surface area contributed by atoms with E-state index in [0.717, 1.165) is 23.0 Å². The number of aromatic nitrogens is 4. The summed E-state index contributed by atoms with van der Waals surface area (Å²) in [5.74, 6) is 2.48. The van der Waals surface area contributed by atoms with Crippen molar-refractivity contribution in [1.29, 1.82) is 0 Å². The lowest BCUT2D eigenvalue weighted by molar-refractivity contribution is -0.108. The van der Waals surface area contributed by atoms with Gasteiger partial charge in [0.25, 0.3) is 0 Å². The van der Waals surface area contributed by atoms with Gasteiger partial charge in [-0.3, -0.25) is 4.79 Å². The van der Waals surface area contributed by atoms with Gasteiger partial charge in [-0.05, 0) is 62.4 Å². The second-order valence-corrected chi connectivity index (χ2v) is 9.88. The van der Waals surface area contributed by atoms with Crippen molar-refractivity contribution < 1.29 is 14.3 Å². The van der Waals surface area contributed by atoms with E-state index in [1.165, 1.54) is 12.8 Å². The van der Waals surface area contributed by atoms with Gasteiger partial charge in [-0.25, -0.2) is 15.0 Å². The summed E-state index contributed by atoms with van der Waals surface area (Å²) in [6.07, 6.45) is 4.10. The van der Waals surface area contributed by atoms with Crippen molar-refractivity contribution in [2.75, 3.05) is 11.9 Å². The molecule has 0 saturated heterocycles. The van der Waals surface area contributed by atoms with Gasteiger partial charge in [-0.15, -0.1) is 0 Å². The van der Waals surface area contributed by atoms with Crippen LogP contribution in [0, 0.1) is 12.8 Å². The van der Waals surface area contributed by atoms with Gasteiger partial charge in [-0.1, -0.05) is 35.4 Å². The highest BCUT2D eigenvalue weighted by molar-refractivity contribution is 6.30. The Morgan fingerprint density at radius 3 is 2.62 bits per heavy atom. The minimum atomic E-state index is 0.0763. The minimum absolute atomic E-state index is 0.0763. The first-order chi connectivity index (χ1) is 18.0. The molecule has 2 aromatic carbocycles. The lowest BCUT2D eigenvalue weighted by Gasteiger charge is -2.17. The molecule has 4 aromatic rings. The molecule has 0 amide bonds. The Bertz CT molecular complexity index is 1450. The van der Waals surface area contributed by atoms with Crippen LogP contribution in [0.3, 0.4) is 0 Å². The molecule has 1 fully saturated rings. The summed E-state index contributed by atoms with van der Waals surface area (Å²) in [4.78, 5) is 36.5. The number of hydrogen-bond acceptors (Lipinski definition) is 7. The maximum atomic E-state index is 11.7. The van der Waals surface area contributed by atoms with Gasteiger partial charge in [0.15, 0.2) is 23.6 Å². The number of carbonyl (C=O) groups is 2. The molecule has 1 saturated carbocycles. The first kappa shape index (κ1) is 24.9. The molecule has 1 atom stereocenters. The smallest absolute Gasteiger partial charge is 0.196 e. The van der Waals surface area contributed by atoms with Crippen molar-refractivity contribution in [1.82, 2.24) is 19.5 Å². The van der Waals surface area contributed by atoms with Crippen molar-refractivity contribution in [2.45, 2.75) is 45.7 Å². The van der Waals surface area contributed by atoms with Crippen LogP contribution in [-0.4, -0.2) is 44.7 Å².